The number of nitrogens with zero attached hydrogens (tertiary/aromatic N) is 4. The van der Waals surface area contributed by atoms with Crippen molar-refractivity contribution in [3.8, 4) is 0 Å². The molecule has 4 amide bonds. The Morgan fingerprint density at radius 2 is 1.83 bits per heavy atom. The van der Waals surface area contributed by atoms with Crippen molar-refractivity contribution in [2.75, 3.05) is 66.6 Å². The number of carbonyl (C=O) groups excluding carboxylic acids is 3. The number of hydrogen-bond donors (Lipinski definition) is 1. The first kappa shape index (κ1) is 25.0. The number of benzene rings is 1. The van der Waals surface area contributed by atoms with E-state index in [2.05, 4.69) is 10.2 Å². The van der Waals surface area contributed by atoms with E-state index in [1.807, 2.05) is 0 Å². The quantitative estimate of drug-likeness (QED) is 0.643. The topological polar surface area (TPSA) is 85.4 Å². The lowest BCUT2D eigenvalue weighted by Crippen LogP contribution is -2.52. The van der Waals surface area contributed by atoms with Gasteiger partial charge in [0.05, 0.1) is 36.0 Å². The molecule has 1 atom stereocenters. The summed E-state index contributed by atoms with van der Waals surface area (Å²) in [6, 6.07) is 3.00. The lowest BCUT2D eigenvalue weighted by atomic mass is 9.92. The number of carbonyl (C=O) groups is 3. The predicted molar refractivity (Wildman–Crippen MR) is 119 cm³/mol. The number of nitrogens with one attached hydrogen (secondary N) is 1. The second-order valence-electron chi connectivity index (χ2n) is 8.76. The van der Waals surface area contributed by atoms with Gasteiger partial charge in [0.2, 0.25) is 5.91 Å². The van der Waals surface area contributed by atoms with Crippen molar-refractivity contribution in [2.45, 2.75) is 12.2 Å². The lowest BCUT2D eigenvalue weighted by molar-refractivity contribution is -0.139. The smallest absolute Gasteiger partial charge is 0.383 e. The third-order valence-electron chi connectivity index (χ3n) is 6.68. The van der Waals surface area contributed by atoms with Crippen LogP contribution >= 0.6 is 0 Å². The number of halogens is 3. The van der Waals surface area contributed by atoms with E-state index in [1.54, 1.807) is 12.0 Å². The van der Waals surface area contributed by atoms with E-state index in [0.717, 1.165) is 12.6 Å². The number of ether oxygens (including phenoxy) is 1. The molecule has 1 N–H and O–H groups in total. The Balaban J connectivity index is 1.51. The average Bonchev–Trinajstić information content (AvgIpc) is 3.16. The molecule has 190 valence electrons. The molecule has 0 radical (unpaired) electrons. The third-order valence-corrected chi connectivity index (χ3v) is 6.68. The fourth-order valence-corrected chi connectivity index (χ4v) is 4.70. The summed E-state index contributed by atoms with van der Waals surface area (Å²) in [5.41, 5.74) is -0.767. The molecular formula is C23H28F3N5O4. The van der Waals surface area contributed by atoms with Gasteiger partial charge >= 0.3 is 12.2 Å². The van der Waals surface area contributed by atoms with Crippen LogP contribution in [0.3, 0.4) is 0 Å². The minimum Gasteiger partial charge on any atom is -0.383 e. The van der Waals surface area contributed by atoms with E-state index in [1.165, 1.54) is 35.0 Å². The van der Waals surface area contributed by atoms with E-state index in [9.17, 15) is 27.6 Å². The first-order chi connectivity index (χ1) is 16.6. The number of methoxy groups -OCH3 is 1. The van der Waals surface area contributed by atoms with Crippen LogP contribution < -0.4 is 5.32 Å². The average molecular weight is 496 g/mol. The lowest BCUT2D eigenvalue weighted by Gasteiger charge is -2.35. The number of hydrogen-bond acceptors (Lipinski definition) is 5. The molecule has 12 heteroatoms. The molecule has 0 aromatic heterocycles. The highest BCUT2D eigenvalue weighted by Gasteiger charge is 2.46. The van der Waals surface area contributed by atoms with Crippen LogP contribution in [0.2, 0.25) is 0 Å². The second kappa shape index (κ2) is 9.86. The number of piperazine rings is 1. The molecule has 1 saturated heterocycles. The molecule has 0 spiro atoms. The number of likely N-dealkylation sites (N-methyl/N-ethyl adjacent to an activating group) is 1. The number of rotatable bonds is 6. The van der Waals surface area contributed by atoms with Gasteiger partial charge in [-0.3, -0.25) is 19.4 Å². The summed E-state index contributed by atoms with van der Waals surface area (Å²) in [6.07, 6.45) is -4.66. The van der Waals surface area contributed by atoms with Crippen LogP contribution in [0, 0.1) is 0 Å². The van der Waals surface area contributed by atoms with E-state index in [-0.39, 0.29) is 30.1 Å². The van der Waals surface area contributed by atoms with Crippen molar-refractivity contribution in [3.05, 3.63) is 46.7 Å². The van der Waals surface area contributed by atoms with Crippen LogP contribution in [0.25, 0.3) is 0 Å². The summed E-state index contributed by atoms with van der Waals surface area (Å²) in [4.78, 5) is 45.2. The van der Waals surface area contributed by atoms with Crippen LogP contribution in [0.15, 0.2) is 35.5 Å². The SMILES string of the molecule is COCCN1CCN(C(=O)CN2CC3=C(C2=O)C(c2ccccc2C(F)(F)F)NC(=O)N3C)CC1. The van der Waals surface area contributed by atoms with Gasteiger partial charge in [0, 0.05) is 46.9 Å². The fraction of sp³-hybridized carbons (Fsp3) is 0.522. The molecule has 3 aliphatic heterocycles. The van der Waals surface area contributed by atoms with Gasteiger partial charge in [0.1, 0.15) is 6.54 Å². The molecule has 0 aliphatic carbocycles. The number of alkyl halides is 3. The van der Waals surface area contributed by atoms with Gasteiger partial charge in [-0.15, -0.1) is 0 Å². The Hall–Kier alpha value is -3.12. The molecule has 1 aromatic rings. The van der Waals surface area contributed by atoms with Crippen molar-refractivity contribution < 1.29 is 32.3 Å². The zero-order valence-electron chi connectivity index (χ0n) is 19.6. The second-order valence-corrected chi connectivity index (χ2v) is 8.76. The monoisotopic (exact) mass is 495 g/mol. The van der Waals surface area contributed by atoms with Gasteiger partial charge in [-0.05, 0) is 11.6 Å². The van der Waals surface area contributed by atoms with Crippen LogP contribution in [-0.4, -0.2) is 104 Å². The molecule has 3 aliphatic rings. The van der Waals surface area contributed by atoms with Crippen LogP contribution in [0.5, 0.6) is 0 Å². The van der Waals surface area contributed by atoms with E-state index < -0.39 is 29.7 Å². The highest BCUT2D eigenvalue weighted by atomic mass is 19.4. The van der Waals surface area contributed by atoms with E-state index in [4.69, 9.17) is 4.74 Å². The standard InChI is InChI=1S/C23H28F3N5O4/c1-28-17-13-31(14-18(32)30-9-7-29(8-10-30)11-12-35-2)21(33)19(17)20(27-22(28)34)15-5-3-4-6-16(15)23(24,25)26/h3-6,20H,7-14H2,1-2H3,(H,27,34). The zero-order chi connectivity index (χ0) is 25.3. The van der Waals surface area contributed by atoms with Crippen LogP contribution in [-0.2, 0) is 20.5 Å². The first-order valence-electron chi connectivity index (χ1n) is 11.3. The summed E-state index contributed by atoms with van der Waals surface area (Å²) < 4.78 is 46.1. The summed E-state index contributed by atoms with van der Waals surface area (Å²) in [6.45, 7) is 3.55. The zero-order valence-corrected chi connectivity index (χ0v) is 19.6. The minimum absolute atomic E-state index is 0.0255. The van der Waals surface area contributed by atoms with Crippen molar-refractivity contribution in [3.63, 3.8) is 0 Å². The minimum atomic E-state index is -4.66. The molecule has 1 fully saturated rings. The van der Waals surface area contributed by atoms with Gasteiger partial charge in [-0.25, -0.2) is 4.79 Å². The van der Waals surface area contributed by atoms with Crippen molar-refractivity contribution in [1.29, 1.82) is 0 Å². The summed E-state index contributed by atoms with van der Waals surface area (Å²) in [5.74, 6) is -0.792. The molecule has 1 unspecified atom stereocenters. The molecule has 4 rings (SSSR count). The summed E-state index contributed by atoms with van der Waals surface area (Å²) in [7, 11) is 3.08. The maximum absolute atomic E-state index is 13.7. The van der Waals surface area contributed by atoms with Gasteiger partial charge in [0.15, 0.2) is 0 Å². The fourth-order valence-electron chi connectivity index (χ4n) is 4.70. The van der Waals surface area contributed by atoms with E-state index in [0.29, 0.717) is 38.5 Å². The maximum Gasteiger partial charge on any atom is 0.416 e. The van der Waals surface area contributed by atoms with Crippen molar-refractivity contribution >= 4 is 17.8 Å². The molecule has 35 heavy (non-hydrogen) atoms. The Morgan fingerprint density at radius 3 is 2.49 bits per heavy atom. The molecule has 3 heterocycles. The van der Waals surface area contributed by atoms with Crippen molar-refractivity contribution in [1.82, 2.24) is 24.9 Å². The van der Waals surface area contributed by atoms with Gasteiger partial charge < -0.3 is 19.9 Å². The normalized spacial score (nSPS) is 21.5. The largest absolute Gasteiger partial charge is 0.416 e. The molecule has 9 nitrogen and oxygen atoms in total. The number of urea groups is 1. The summed E-state index contributed by atoms with van der Waals surface area (Å²) in [5, 5.41) is 2.53. The first-order valence-corrected chi connectivity index (χ1v) is 11.3. The Bertz CT molecular complexity index is 1040. The van der Waals surface area contributed by atoms with Crippen molar-refractivity contribution in [2.24, 2.45) is 0 Å². The Labute approximate surface area is 201 Å². The third kappa shape index (κ3) is 4.98. The van der Waals surface area contributed by atoms with Gasteiger partial charge in [-0.1, -0.05) is 18.2 Å². The maximum atomic E-state index is 13.7. The molecule has 0 saturated carbocycles. The molecular weight excluding hydrogens is 467 g/mol. The number of amides is 4. The highest BCUT2D eigenvalue weighted by Crippen LogP contribution is 2.41. The summed E-state index contributed by atoms with van der Waals surface area (Å²) >= 11 is 0. The molecule has 0 bridgehead atoms. The van der Waals surface area contributed by atoms with Gasteiger partial charge in [-0.2, -0.15) is 13.2 Å². The Kier molecular flexibility index (Phi) is 7.04. The van der Waals surface area contributed by atoms with Crippen LogP contribution in [0.4, 0.5) is 18.0 Å². The predicted octanol–water partition coefficient (Wildman–Crippen LogP) is 1.29. The van der Waals surface area contributed by atoms with Crippen LogP contribution in [0.1, 0.15) is 17.2 Å². The highest BCUT2D eigenvalue weighted by molar-refractivity contribution is 6.03. The van der Waals surface area contributed by atoms with E-state index >= 15 is 0 Å². The Morgan fingerprint density at radius 1 is 1.14 bits per heavy atom. The van der Waals surface area contributed by atoms with Gasteiger partial charge in [0.25, 0.3) is 5.91 Å². The molecule has 1 aromatic carbocycles.